The van der Waals surface area contributed by atoms with E-state index in [0.717, 1.165) is 5.56 Å². The quantitative estimate of drug-likeness (QED) is 0.891. The van der Waals surface area contributed by atoms with Crippen LogP contribution in [0, 0.1) is 0 Å². The van der Waals surface area contributed by atoms with Crippen LogP contribution < -0.4 is 5.32 Å². The number of benzene rings is 1. The van der Waals surface area contributed by atoms with E-state index >= 15 is 0 Å². The summed E-state index contributed by atoms with van der Waals surface area (Å²) in [6.45, 7) is 2.28. The maximum atomic E-state index is 12.3. The third-order valence-electron chi connectivity index (χ3n) is 3.23. The summed E-state index contributed by atoms with van der Waals surface area (Å²) in [4.78, 5) is 24.9. The molecule has 0 radical (unpaired) electrons. The molecule has 7 heteroatoms. The monoisotopic (exact) mass is 310 g/mol. The zero-order valence-corrected chi connectivity index (χ0v) is 12.7. The summed E-state index contributed by atoms with van der Waals surface area (Å²) in [6.07, 6.45) is 0. The van der Waals surface area contributed by atoms with Gasteiger partial charge < -0.3 is 15.2 Å². The molecule has 0 aromatic heterocycles. The molecule has 0 bridgehead atoms. The van der Waals surface area contributed by atoms with Gasteiger partial charge in [0.25, 0.3) is 0 Å². The number of nitrogens with one attached hydrogen (secondary N) is 1. The third kappa shape index (κ3) is 3.68. The lowest BCUT2D eigenvalue weighted by atomic mass is 10.2. The molecule has 1 saturated heterocycles. The minimum atomic E-state index is -0.977. The second kappa shape index (κ2) is 6.82. The second-order valence-electron chi connectivity index (χ2n) is 4.76. The van der Waals surface area contributed by atoms with E-state index in [-0.39, 0.29) is 5.37 Å². The Morgan fingerprint density at radius 2 is 2.29 bits per heavy atom. The summed E-state index contributed by atoms with van der Waals surface area (Å²) in [6, 6.07) is 6.11. The van der Waals surface area contributed by atoms with Gasteiger partial charge >= 0.3 is 12.0 Å². The number of thioether (sulfide) groups is 1. The molecule has 2 amide bonds. The van der Waals surface area contributed by atoms with Crippen LogP contribution in [0.1, 0.15) is 12.5 Å². The number of urea groups is 1. The molecule has 1 aromatic rings. The SMILES string of the molecule is COCc1cccc(NC(=O)N2C(C)SCC2C(=O)O)c1. The molecule has 1 aromatic carbocycles. The van der Waals surface area contributed by atoms with Crippen molar-refractivity contribution in [3.63, 3.8) is 0 Å². The van der Waals surface area contributed by atoms with Crippen LogP contribution in [0.3, 0.4) is 0 Å². The molecule has 0 spiro atoms. The molecule has 114 valence electrons. The van der Waals surface area contributed by atoms with Crippen LogP contribution in [-0.4, -0.2) is 46.3 Å². The van der Waals surface area contributed by atoms with Gasteiger partial charge in [-0.05, 0) is 24.6 Å². The second-order valence-corrected chi connectivity index (χ2v) is 6.11. The standard InChI is InChI=1S/C14H18N2O4S/c1-9-16(12(8-21-9)13(17)18)14(19)15-11-5-3-4-10(6-11)7-20-2/h3-6,9,12H,7-8H2,1-2H3,(H,15,19)(H,17,18). The number of methoxy groups -OCH3 is 1. The minimum Gasteiger partial charge on any atom is -0.480 e. The average molecular weight is 310 g/mol. The number of aliphatic carboxylic acids is 1. The molecule has 1 heterocycles. The van der Waals surface area contributed by atoms with Crippen molar-refractivity contribution in [2.45, 2.75) is 24.9 Å². The van der Waals surface area contributed by atoms with Gasteiger partial charge in [-0.1, -0.05) is 12.1 Å². The van der Waals surface area contributed by atoms with Crippen molar-refractivity contribution >= 4 is 29.4 Å². The normalized spacial score (nSPS) is 21.3. The maximum absolute atomic E-state index is 12.3. The van der Waals surface area contributed by atoms with Crippen molar-refractivity contribution in [2.24, 2.45) is 0 Å². The van der Waals surface area contributed by atoms with E-state index in [1.807, 2.05) is 25.1 Å². The number of carboxylic acids is 1. The van der Waals surface area contributed by atoms with E-state index in [9.17, 15) is 14.7 Å². The van der Waals surface area contributed by atoms with Gasteiger partial charge in [-0.25, -0.2) is 9.59 Å². The van der Waals surface area contributed by atoms with Gasteiger partial charge in [-0.2, -0.15) is 0 Å². The lowest BCUT2D eigenvalue weighted by Crippen LogP contribution is -2.46. The van der Waals surface area contributed by atoms with E-state index in [1.165, 1.54) is 16.7 Å². The molecule has 0 saturated carbocycles. The van der Waals surface area contributed by atoms with E-state index in [4.69, 9.17) is 4.74 Å². The van der Waals surface area contributed by atoms with E-state index in [2.05, 4.69) is 5.32 Å². The Labute approximate surface area is 127 Å². The molecular weight excluding hydrogens is 292 g/mol. The fourth-order valence-electron chi connectivity index (χ4n) is 2.23. The molecule has 21 heavy (non-hydrogen) atoms. The minimum absolute atomic E-state index is 0.159. The molecular formula is C14H18N2O4S. The molecule has 2 unspecified atom stereocenters. The Balaban J connectivity index is 2.09. The topological polar surface area (TPSA) is 78.9 Å². The first-order valence-corrected chi connectivity index (χ1v) is 7.59. The summed E-state index contributed by atoms with van der Waals surface area (Å²) in [5.74, 6) is -0.566. The number of hydrogen-bond donors (Lipinski definition) is 2. The summed E-state index contributed by atoms with van der Waals surface area (Å²) in [5.41, 5.74) is 1.57. The van der Waals surface area contributed by atoms with E-state index in [1.54, 1.807) is 13.2 Å². The summed E-state index contributed by atoms with van der Waals surface area (Å²) >= 11 is 1.46. The summed E-state index contributed by atoms with van der Waals surface area (Å²) in [5, 5.41) is 11.8. The molecule has 2 atom stereocenters. The Hall–Kier alpha value is -1.73. The number of hydrogen-bond acceptors (Lipinski definition) is 4. The van der Waals surface area contributed by atoms with Gasteiger partial charge in [-0.3, -0.25) is 4.90 Å². The number of carboxylic acid groups (broad SMARTS) is 1. The van der Waals surface area contributed by atoms with Crippen molar-refractivity contribution < 1.29 is 19.4 Å². The maximum Gasteiger partial charge on any atom is 0.327 e. The number of ether oxygens (including phenoxy) is 1. The smallest absolute Gasteiger partial charge is 0.327 e. The van der Waals surface area contributed by atoms with Crippen molar-refractivity contribution in [3.8, 4) is 0 Å². The van der Waals surface area contributed by atoms with Crippen LogP contribution in [0.15, 0.2) is 24.3 Å². The number of nitrogens with zero attached hydrogens (tertiary/aromatic N) is 1. The zero-order chi connectivity index (χ0) is 15.4. The van der Waals surface area contributed by atoms with Crippen LogP contribution in [0.2, 0.25) is 0 Å². The van der Waals surface area contributed by atoms with Crippen LogP contribution in [0.4, 0.5) is 10.5 Å². The Kier molecular flexibility index (Phi) is 5.08. The van der Waals surface area contributed by atoms with Crippen molar-refractivity contribution in [2.75, 3.05) is 18.2 Å². The molecule has 1 aliphatic rings. The molecule has 6 nitrogen and oxygen atoms in total. The predicted molar refractivity (Wildman–Crippen MR) is 81.4 cm³/mol. The first-order valence-electron chi connectivity index (χ1n) is 6.54. The van der Waals surface area contributed by atoms with Crippen LogP contribution >= 0.6 is 11.8 Å². The van der Waals surface area contributed by atoms with Crippen molar-refractivity contribution in [3.05, 3.63) is 29.8 Å². The molecule has 2 rings (SSSR count). The number of carbonyl (C=O) groups excluding carboxylic acids is 1. The number of carbonyl (C=O) groups is 2. The highest BCUT2D eigenvalue weighted by Gasteiger charge is 2.39. The van der Waals surface area contributed by atoms with Crippen molar-refractivity contribution in [1.29, 1.82) is 0 Å². The highest BCUT2D eigenvalue weighted by molar-refractivity contribution is 8.00. The van der Waals surface area contributed by atoms with E-state index < -0.39 is 18.0 Å². The average Bonchev–Trinajstić information content (AvgIpc) is 2.81. The largest absolute Gasteiger partial charge is 0.480 e. The van der Waals surface area contributed by atoms with Crippen LogP contribution in [-0.2, 0) is 16.1 Å². The highest BCUT2D eigenvalue weighted by Crippen LogP contribution is 2.29. The zero-order valence-electron chi connectivity index (χ0n) is 11.9. The number of anilines is 1. The molecule has 1 fully saturated rings. The Bertz CT molecular complexity index is 537. The first kappa shape index (κ1) is 15.7. The first-order chi connectivity index (χ1) is 10.0. The van der Waals surface area contributed by atoms with Gasteiger partial charge in [-0.15, -0.1) is 11.8 Å². The summed E-state index contributed by atoms with van der Waals surface area (Å²) < 4.78 is 5.05. The van der Waals surface area contributed by atoms with Crippen molar-refractivity contribution in [1.82, 2.24) is 4.90 Å². The highest BCUT2D eigenvalue weighted by atomic mass is 32.2. The Morgan fingerprint density at radius 1 is 1.52 bits per heavy atom. The van der Waals surface area contributed by atoms with Gasteiger partial charge in [0.05, 0.1) is 12.0 Å². The van der Waals surface area contributed by atoms with Gasteiger partial charge in [0, 0.05) is 18.6 Å². The Morgan fingerprint density at radius 3 is 2.95 bits per heavy atom. The number of rotatable bonds is 4. The fourth-order valence-corrected chi connectivity index (χ4v) is 3.40. The fraction of sp³-hybridized carbons (Fsp3) is 0.429. The van der Waals surface area contributed by atoms with Gasteiger partial charge in [0.1, 0.15) is 6.04 Å². The lowest BCUT2D eigenvalue weighted by molar-refractivity contribution is -0.141. The van der Waals surface area contributed by atoms with Crippen LogP contribution in [0.25, 0.3) is 0 Å². The molecule has 0 aliphatic carbocycles. The molecule has 1 aliphatic heterocycles. The van der Waals surface area contributed by atoms with E-state index in [0.29, 0.717) is 18.0 Å². The predicted octanol–water partition coefficient (Wildman–Crippen LogP) is 2.21. The summed E-state index contributed by atoms with van der Waals surface area (Å²) in [7, 11) is 1.60. The lowest BCUT2D eigenvalue weighted by Gasteiger charge is -2.25. The number of amides is 2. The van der Waals surface area contributed by atoms with Gasteiger partial charge in [0.2, 0.25) is 0 Å². The third-order valence-corrected chi connectivity index (χ3v) is 4.45. The van der Waals surface area contributed by atoms with Gasteiger partial charge in [0.15, 0.2) is 0 Å². The molecule has 2 N–H and O–H groups in total. The van der Waals surface area contributed by atoms with Crippen LogP contribution in [0.5, 0.6) is 0 Å².